The number of benzene rings is 1. The van der Waals surface area contributed by atoms with E-state index in [1.54, 1.807) is 0 Å². The summed E-state index contributed by atoms with van der Waals surface area (Å²) in [5.74, 6) is -3.52. The molecule has 1 amide bonds. The van der Waals surface area contributed by atoms with Crippen LogP contribution in [0.2, 0.25) is 0 Å². The van der Waals surface area contributed by atoms with E-state index in [2.05, 4.69) is 10.3 Å². The molecule has 1 aromatic carbocycles. The molecule has 0 bridgehead atoms. The van der Waals surface area contributed by atoms with Crippen molar-refractivity contribution in [2.45, 2.75) is 0 Å². The molecule has 3 N–H and O–H groups in total. The van der Waals surface area contributed by atoms with Crippen LogP contribution in [-0.4, -0.2) is 27.1 Å². The Bertz CT molecular complexity index is 668. The highest BCUT2D eigenvalue weighted by Gasteiger charge is 2.17. The number of phenols is 1. The van der Waals surface area contributed by atoms with Crippen LogP contribution in [0.15, 0.2) is 36.5 Å². The minimum Gasteiger partial charge on any atom is -0.507 e. The highest BCUT2D eigenvalue weighted by atomic mass is 19.1. The van der Waals surface area contributed by atoms with Crippen molar-refractivity contribution in [2.24, 2.45) is 0 Å². The minimum atomic E-state index is -1.25. The number of aromatic nitrogens is 1. The average molecular weight is 276 g/mol. The molecule has 0 aliphatic carbocycles. The van der Waals surface area contributed by atoms with Crippen LogP contribution in [0.3, 0.4) is 0 Å². The third-order valence-electron chi connectivity index (χ3n) is 2.46. The second-order valence-corrected chi connectivity index (χ2v) is 3.82. The van der Waals surface area contributed by atoms with E-state index in [0.29, 0.717) is 0 Å². The summed E-state index contributed by atoms with van der Waals surface area (Å²) in [5.41, 5.74) is -0.646. The summed E-state index contributed by atoms with van der Waals surface area (Å²) in [7, 11) is 0. The van der Waals surface area contributed by atoms with Crippen molar-refractivity contribution < 1.29 is 24.2 Å². The highest BCUT2D eigenvalue weighted by molar-refractivity contribution is 6.06. The molecule has 0 radical (unpaired) electrons. The van der Waals surface area contributed by atoms with Gasteiger partial charge in [0.15, 0.2) is 0 Å². The molecule has 0 saturated carbocycles. The van der Waals surface area contributed by atoms with Gasteiger partial charge in [0.05, 0.1) is 0 Å². The van der Waals surface area contributed by atoms with Crippen LogP contribution in [-0.2, 0) is 0 Å². The zero-order chi connectivity index (χ0) is 14.7. The fourth-order valence-electron chi connectivity index (χ4n) is 1.56. The van der Waals surface area contributed by atoms with Crippen molar-refractivity contribution in [3.8, 4) is 5.75 Å². The van der Waals surface area contributed by atoms with Crippen molar-refractivity contribution >= 4 is 17.6 Å². The Hall–Kier alpha value is -2.96. The number of carbonyl (C=O) groups is 2. The lowest BCUT2D eigenvalue weighted by atomic mass is 10.1. The first-order valence-corrected chi connectivity index (χ1v) is 5.47. The lowest BCUT2D eigenvalue weighted by Crippen LogP contribution is -2.14. The molecule has 2 aromatic rings. The molecule has 0 unspecified atom stereocenters. The molecule has 0 aliphatic rings. The number of nitrogens with zero attached hydrogens (tertiary/aromatic N) is 1. The number of amides is 1. The monoisotopic (exact) mass is 276 g/mol. The number of carboxylic acid groups (broad SMARTS) is 1. The van der Waals surface area contributed by atoms with Crippen molar-refractivity contribution in [1.82, 2.24) is 4.98 Å². The van der Waals surface area contributed by atoms with E-state index in [9.17, 15) is 19.1 Å². The fraction of sp³-hybridized carbons (Fsp3) is 0. The van der Waals surface area contributed by atoms with E-state index in [0.717, 1.165) is 12.1 Å². The third-order valence-corrected chi connectivity index (χ3v) is 2.46. The van der Waals surface area contributed by atoms with Gasteiger partial charge in [-0.1, -0.05) is 6.07 Å². The lowest BCUT2D eigenvalue weighted by Gasteiger charge is -2.07. The summed E-state index contributed by atoms with van der Waals surface area (Å²) in [5, 5.41) is 20.5. The molecule has 0 spiro atoms. The Kier molecular flexibility index (Phi) is 3.60. The normalized spacial score (nSPS) is 10.1. The van der Waals surface area contributed by atoms with Crippen LogP contribution in [0.1, 0.15) is 20.8 Å². The van der Waals surface area contributed by atoms with E-state index in [1.807, 2.05) is 0 Å². The number of halogens is 1. The summed E-state index contributed by atoms with van der Waals surface area (Å²) >= 11 is 0. The van der Waals surface area contributed by atoms with Crippen LogP contribution in [0.4, 0.5) is 10.1 Å². The number of anilines is 1. The average Bonchev–Trinajstić information content (AvgIpc) is 2.38. The molecule has 7 heteroatoms. The summed E-state index contributed by atoms with van der Waals surface area (Å²) in [6.45, 7) is 0. The molecule has 20 heavy (non-hydrogen) atoms. The molecule has 102 valence electrons. The molecular formula is C13H9FN2O4. The molecule has 0 saturated heterocycles. The zero-order valence-corrected chi connectivity index (χ0v) is 10.0. The molecule has 0 atom stereocenters. The van der Waals surface area contributed by atoms with Gasteiger partial charge in [0.1, 0.15) is 22.8 Å². The SMILES string of the molecule is O=C(O)c1cc(NC(=O)c2c(O)cccc2F)ccn1. The largest absolute Gasteiger partial charge is 0.507 e. The van der Waals surface area contributed by atoms with Crippen molar-refractivity contribution in [1.29, 1.82) is 0 Å². The molecule has 0 aliphatic heterocycles. The zero-order valence-electron chi connectivity index (χ0n) is 10.0. The molecule has 1 aromatic heterocycles. The topological polar surface area (TPSA) is 99.5 Å². The molecule has 0 fully saturated rings. The van der Waals surface area contributed by atoms with E-state index in [1.165, 1.54) is 24.4 Å². The Morgan fingerprint density at radius 3 is 2.65 bits per heavy atom. The van der Waals surface area contributed by atoms with Crippen LogP contribution >= 0.6 is 0 Å². The van der Waals surface area contributed by atoms with Crippen molar-refractivity contribution in [3.63, 3.8) is 0 Å². The van der Waals surface area contributed by atoms with E-state index < -0.39 is 29.0 Å². The third kappa shape index (κ3) is 2.72. The highest BCUT2D eigenvalue weighted by Crippen LogP contribution is 2.21. The predicted octanol–water partition coefficient (Wildman–Crippen LogP) is 1.88. The Balaban J connectivity index is 2.28. The number of rotatable bonds is 3. The molecule has 1 heterocycles. The second kappa shape index (κ2) is 5.35. The smallest absolute Gasteiger partial charge is 0.354 e. The first-order valence-electron chi connectivity index (χ1n) is 5.47. The van der Waals surface area contributed by atoms with Gasteiger partial charge in [-0.3, -0.25) is 4.79 Å². The van der Waals surface area contributed by atoms with Gasteiger partial charge in [-0.05, 0) is 24.3 Å². The molecule has 6 nitrogen and oxygen atoms in total. The van der Waals surface area contributed by atoms with E-state index >= 15 is 0 Å². The number of hydrogen-bond donors (Lipinski definition) is 3. The van der Waals surface area contributed by atoms with Gasteiger partial charge in [0, 0.05) is 11.9 Å². The standard InChI is InChI=1S/C13H9FN2O4/c14-8-2-1-3-10(17)11(8)12(18)16-7-4-5-15-9(6-7)13(19)20/h1-6,17H,(H,19,20)(H,15,16,18). The molecular weight excluding hydrogens is 267 g/mol. The number of phenolic OH excluding ortho intramolecular Hbond substituents is 1. The first-order chi connectivity index (χ1) is 9.49. The van der Waals surface area contributed by atoms with Crippen LogP contribution < -0.4 is 5.32 Å². The number of carboxylic acids is 1. The lowest BCUT2D eigenvalue weighted by molar-refractivity contribution is 0.0690. The van der Waals surface area contributed by atoms with Gasteiger partial charge >= 0.3 is 5.97 Å². The van der Waals surface area contributed by atoms with Crippen LogP contribution in [0, 0.1) is 5.82 Å². The number of pyridine rings is 1. The van der Waals surface area contributed by atoms with Crippen LogP contribution in [0.5, 0.6) is 5.75 Å². The van der Waals surface area contributed by atoms with E-state index in [-0.39, 0.29) is 11.4 Å². The molecule has 2 rings (SSSR count). The van der Waals surface area contributed by atoms with E-state index in [4.69, 9.17) is 5.11 Å². The Labute approximate surface area is 112 Å². The number of aromatic hydroxyl groups is 1. The fourth-order valence-corrected chi connectivity index (χ4v) is 1.56. The maximum atomic E-state index is 13.5. The number of hydrogen-bond acceptors (Lipinski definition) is 4. The predicted molar refractivity (Wildman–Crippen MR) is 67.2 cm³/mol. The van der Waals surface area contributed by atoms with Crippen molar-refractivity contribution in [3.05, 3.63) is 53.6 Å². The Morgan fingerprint density at radius 2 is 2.00 bits per heavy atom. The summed E-state index contributed by atoms with van der Waals surface area (Å²) in [6.07, 6.45) is 1.19. The van der Waals surface area contributed by atoms with Gasteiger partial charge in [0.25, 0.3) is 5.91 Å². The maximum Gasteiger partial charge on any atom is 0.354 e. The van der Waals surface area contributed by atoms with Gasteiger partial charge < -0.3 is 15.5 Å². The number of carbonyl (C=O) groups excluding carboxylic acids is 1. The Morgan fingerprint density at radius 1 is 1.25 bits per heavy atom. The number of aromatic carboxylic acids is 1. The van der Waals surface area contributed by atoms with Crippen LogP contribution in [0.25, 0.3) is 0 Å². The quantitative estimate of drug-likeness (QED) is 0.794. The summed E-state index contributed by atoms with van der Waals surface area (Å²) < 4.78 is 13.5. The minimum absolute atomic E-state index is 0.130. The van der Waals surface area contributed by atoms with Gasteiger partial charge in [0.2, 0.25) is 0 Å². The first kappa shape index (κ1) is 13.5. The second-order valence-electron chi connectivity index (χ2n) is 3.82. The van der Waals surface area contributed by atoms with Gasteiger partial charge in [-0.15, -0.1) is 0 Å². The van der Waals surface area contributed by atoms with Gasteiger partial charge in [-0.2, -0.15) is 0 Å². The maximum absolute atomic E-state index is 13.5. The summed E-state index contributed by atoms with van der Waals surface area (Å²) in [4.78, 5) is 26.2. The van der Waals surface area contributed by atoms with Crippen molar-refractivity contribution in [2.75, 3.05) is 5.32 Å². The number of nitrogens with one attached hydrogen (secondary N) is 1. The summed E-state index contributed by atoms with van der Waals surface area (Å²) in [6, 6.07) is 5.94. The van der Waals surface area contributed by atoms with Gasteiger partial charge in [-0.25, -0.2) is 14.2 Å².